The van der Waals surface area contributed by atoms with Gasteiger partial charge in [0.15, 0.2) is 11.5 Å². The highest BCUT2D eigenvalue weighted by molar-refractivity contribution is 9.10. The minimum absolute atomic E-state index is 0.144. The summed E-state index contributed by atoms with van der Waals surface area (Å²) in [6, 6.07) is 2.51. The standard InChI is InChI=1S/C18H21BrN2O5/c1-3-4-5-6-24-17(22)15-10(2)20-18(23)21-16(15)11-7-13-14(8-12(11)19)26-9-25-13/h7-8,16H,3-6,9H2,1-2H3,(H2,20,21,23). The van der Waals surface area contributed by atoms with E-state index in [-0.39, 0.29) is 12.8 Å². The highest BCUT2D eigenvalue weighted by Crippen LogP contribution is 2.41. The first-order valence-electron chi connectivity index (χ1n) is 8.55. The number of hydrogen-bond acceptors (Lipinski definition) is 5. The number of hydrogen-bond donors (Lipinski definition) is 2. The molecule has 2 aliphatic heterocycles. The van der Waals surface area contributed by atoms with Gasteiger partial charge in [0.05, 0.1) is 18.2 Å². The Morgan fingerprint density at radius 1 is 1.31 bits per heavy atom. The average Bonchev–Trinajstić information content (AvgIpc) is 3.04. The van der Waals surface area contributed by atoms with Crippen LogP contribution in [0, 0.1) is 0 Å². The highest BCUT2D eigenvalue weighted by Gasteiger charge is 2.34. The Morgan fingerprint density at radius 3 is 2.77 bits per heavy atom. The number of rotatable bonds is 6. The molecule has 7 nitrogen and oxygen atoms in total. The SMILES string of the molecule is CCCCCOC(=O)C1=C(C)NC(=O)NC1c1cc2c(cc1Br)OCO2. The molecule has 0 bridgehead atoms. The van der Waals surface area contributed by atoms with Gasteiger partial charge in [0.25, 0.3) is 0 Å². The molecule has 2 heterocycles. The van der Waals surface area contributed by atoms with Crippen LogP contribution in [-0.2, 0) is 9.53 Å². The monoisotopic (exact) mass is 424 g/mol. The topological polar surface area (TPSA) is 85.9 Å². The second kappa shape index (κ2) is 7.99. The van der Waals surface area contributed by atoms with Crippen molar-refractivity contribution in [3.05, 3.63) is 33.4 Å². The van der Waals surface area contributed by atoms with Gasteiger partial charge in [-0.3, -0.25) is 0 Å². The van der Waals surface area contributed by atoms with Crippen LogP contribution >= 0.6 is 15.9 Å². The van der Waals surface area contributed by atoms with Crippen molar-refractivity contribution in [1.29, 1.82) is 0 Å². The molecule has 0 spiro atoms. The molecule has 2 aliphatic rings. The number of unbranched alkanes of at least 4 members (excludes halogenated alkanes) is 2. The summed E-state index contributed by atoms with van der Waals surface area (Å²) in [5.41, 5.74) is 1.55. The Balaban J connectivity index is 1.90. The lowest BCUT2D eigenvalue weighted by atomic mass is 9.95. The molecule has 1 atom stereocenters. The van der Waals surface area contributed by atoms with Gasteiger partial charge >= 0.3 is 12.0 Å². The second-order valence-electron chi connectivity index (χ2n) is 6.14. The fourth-order valence-electron chi connectivity index (χ4n) is 2.95. The summed E-state index contributed by atoms with van der Waals surface area (Å²) < 4.78 is 16.9. The Morgan fingerprint density at radius 2 is 2.04 bits per heavy atom. The summed E-state index contributed by atoms with van der Waals surface area (Å²) in [4.78, 5) is 24.7. The van der Waals surface area contributed by atoms with E-state index in [1.165, 1.54) is 0 Å². The predicted octanol–water partition coefficient (Wildman–Crippen LogP) is 3.54. The van der Waals surface area contributed by atoms with Crippen LogP contribution in [-0.4, -0.2) is 25.4 Å². The lowest BCUT2D eigenvalue weighted by molar-refractivity contribution is -0.139. The van der Waals surface area contributed by atoms with Crippen LogP contribution < -0.4 is 20.1 Å². The van der Waals surface area contributed by atoms with Crippen LogP contribution in [0.25, 0.3) is 0 Å². The number of ether oxygens (including phenoxy) is 3. The largest absolute Gasteiger partial charge is 0.462 e. The van der Waals surface area contributed by atoms with E-state index in [9.17, 15) is 9.59 Å². The summed E-state index contributed by atoms with van der Waals surface area (Å²) in [6.07, 6.45) is 2.85. The zero-order chi connectivity index (χ0) is 18.7. The number of halogens is 1. The summed E-state index contributed by atoms with van der Waals surface area (Å²) in [7, 11) is 0. The number of carbonyl (C=O) groups is 2. The van der Waals surface area contributed by atoms with Gasteiger partial charge in [-0.25, -0.2) is 9.59 Å². The number of amides is 2. The minimum atomic E-state index is -0.647. The molecule has 1 aromatic carbocycles. The van der Waals surface area contributed by atoms with Crippen molar-refractivity contribution in [2.45, 2.75) is 39.2 Å². The molecule has 2 amide bonds. The molecule has 1 aromatic rings. The number of carbonyl (C=O) groups excluding carboxylic acids is 2. The van der Waals surface area contributed by atoms with Crippen LogP contribution in [0.5, 0.6) is 11.5 Å². The molecule has 0 saturated heterocycles. The molecule has 26 heavy (non-hydrogen) atoms. The van der Waals surface area contributed by atoms with Crippen molar-refractivity contribution in [2.75, 3.05) is 13.4 Å². The van der Waals surface area contributed by atoms with Gasteiger partial charge < -0.3 is 24.8 Å². The Labute approximate surface area is 160 Å². The minimum Gasteiger partial charge on any atom is -0.462 e. The fraction of sp³-hybridized carbons (Fsp3) is 0.444. The summed E-state index contributed by atoms with van der Waals surface area (Å²) in [5.74, 6) is 0.746. The van der Waals surface area contributed by atoms with E-state index in [1.807, 2.05) is 0 Å². The lowest BCUT2D eigenvalue weighted by Gasteiger charge is -2.29. The third-order valence-electron chi connectivity index (χ3n) is 4.27. The summed E-state index contributed by atoms with van der Waals surface area (Å²) >= 11 is 3.49. The maximum atomic E-state index is 12.7. The van der Waals surface area contributed by atoms with Crippen molar-refractivity contribution < 1.29 is 23.8 Å². The number of fused-ring (bicyclic) bond motifs is 1. The second-order valence-corrected chi connectivity index (χ2v) is 6.99. The van der Waals surface area contributed by atoms with Crippen LogP contribution in [0.2, 0.25) is 0 Å². The molecule has 140 valence electrons. The van der Waals surface area contributed by atoms with E-state index in [1.54, 1.807) is 19.1 Å². The lowest BCUT2D eigenvalue weighted by Crippen LogP contribution is -2.45. The smallest absolute Gasteiger partial charge is 0.338 e. The van der Waals surface area contributed by atoms with Gasteiger partial charge in [-0.2, -0.15) is 0 Å². The fourth-order valence-corrected chi connectivity index (χ4v) is 3.50. The van der Waals surface area contributed by atoms with E-state index < -0.39 is 12.0 Å². The van der Waals surface area contributed by atoms with E-state index in [0.29, 0.717) is 39.4 Å². The molecular weight excluding hydrogens is 404 g/mol. The molecular formula is C18H21BrN2O5. The van der Waals surface area contributed by atoms with Gasteiger partial charge in [-0.05, 0) is 31.0 Å². The Hall–Kier alpha value is -2.22. The zero-order valence-corrected chi connectivity index (χ0v) is 16.3. The van der Waals surface area contributed by atoms with Gasteiger partial charge in [-0.1, -0.05) is 35.7 Å². The first-order valence-corrected chi connectivity index (χ1v) is 9.35. The van der Waals surface area contributed by atoms with Gasteiger partial charge in [0.2, 0.25) is 6.79 Å². The number of benzene rings is 1. The molecule has 0 saturated carbocycles. The number of urea groups is 1. The molecule has 0 fully saturated rings. The maximum absolute atomic E-state index is 12.7. The summed E-state index contributed by atoms with van der Waals surface area (Å²) in [6.45, 7) is 4.27. The van der Waals surface area contributed by atoms with Crippen LogP contribution in [0.15, 0.2) is 27.9 Å². The summed E-state index contributed by atoms with van der Waals surface area (Å²) in [5, 5.41) is 5.43. The van der Waals surface area contributed by atoms with Crippen molar-refractivity contribution in [3.63, 3.8) is 0 Å². The zero-order valence-electron chi connectivity index (χ0n) is 14.7. The molecule has 3 rings (SSSR count). The predicted molar refractivity (Wildman–Crippen MR) is 97.9 cm³/mol. The van der Waals surface area contributed by atoms with Crippen LogP contribution in [0.4, 0.5) is 4.79 Å². The maximum Gasteiger partial charge on any atom is 0.338 e. The first-order chi connectivity index (χ1) is 12.5. The Bertz CT molecular complexity index is 762. The van der Waals surface area contributed by atoms with Crippen LogP contribution in [0.3, 0.4) is 0 Å². The highest BCUT2D eigenvalue weighted by atomic mass is 79.9. The molecule has 0 aliphatic carbocycles. The van der Waals surface area contributed by atoms with Gasteiger partial charge in [0, 0.05) is 10.2 Å². The number of esters is 1. The quantitative estimate of drug-likeness (QED) is 0.538. The van der Waals surface area contributed by atoms with E-state index in [4.69, 9.17) is 14.2 Å². The third-order valence-corrected chi connectivity index (χ3v) is 4.96. The van der Waals surface area contributed by atoms with Crippen molar-refractivity contribution in [2.24, 2.45) is 0 Å². The van der Waals surface area contributed by atoms with E-state index in [2.05, 4.69) is 33.5 Å². The molecule has 1 unspecified atom stereocenters. The number of allylic oxidation sites excluding steroid dienone is 1. The molecule has 8 heteroatoms. The Kier molecular flexibility index (Phi) is 5.70. The van der Waals surface area contributed by atoms with E-state index in [0.717, 1.165) is 19.3 Å². The van der Waals surface area contributed by atoms with Gasteiger partial charge in [-0.15, -0.1) is 0 Å². The third kappa shape index (κ3) is 3.80. The molecule has 0 aromatic heterocycles. The normalized spacial score (nSPS) is 18.4. The van der Waals surface area contributed by atoms with Crippen molar-refractivity contribution >= 4 is 27.9 Å². The molecule has 2 N–H and O–H groups in total. The van der Waals surface area contributed by atoms with Crippen molar-refractivity contribution in [1.82, 2.24) is 10.6 Å². The molecule has 0 radical (unpaired) electrons. The number of nitrogens with one attached hydrogen (secondary N) is 2. The van der Waals surface area contributed by atoms with Crippen LogP contribution in [0.1, 0.15) is 44.7 Å². The average molecular weight is 425 g/mol. The van der Waals surface area contributed by atoms with Gasteiger partial charge in [0.1, 0.15) is 0 Å². The van der Waals surface area contributed by atoms with E-state index >= 15 is 0 Å². The van der Waals surface area contributed by atoms with Crippen molar-refractivity contribution in [3.8, 4) is 11.5 Å². The first kappa shape index (κ1) is 18.6.